The number of nitrogens with zero attached hydrogens (tertiary/aromatic N) is 4. The smallest absolute Gasteiger partial charge is 0.416 e. The normalized spacial score (nSPS) is 14.6. The number of aryl methyl sites for hydroxylation is 1. The van der Waals surface area contributed by atoms with E-state index in [0.29, 0.717) is 12.5 Å². The molecule has 0 unspecified atom stereocenters. The maximum absolute atomic E-state index is 13.6. The molecule has 0 saturated heterocycles. The van der Waals surface area contributed by atoms with Gasteiger partial charge in [-0.3, -0.25) is 4.99 Å². The summed E-state index contributed by atoms with van der Waals surface area (Å²) in [6, 6.07) is 4.01. The summed E-state index contributed by atoms with van der Waals surface area (Å²) in [5.41, 5.74) is -1.21. The number of hydrogen-bond donors (Lipinski definition) is 2. The lowest BCUT2D eigenvalue weighted by atomic mass is 10.1. The van der Waals surface area contributed by atoms with Crippen LogP contribution < -0.4 is 15.4 Å². The van der Waals surface area contributed by atoms with Crippen LogP contribution in [0.1, 0.15) is 50.0 Å². The maximum Gasteiger partial charge on any atom is 0.416 e. The van der Waals surface area contributed by atoms with Gasteiger partial charge in [-0.05, 0) is 44.9 Å². The number of halogens is 3. The molecule has 1 aliphatic heterocycles. The van der Waals surface area contributed by atoms with Crippen molar-refractivity contribution in [2.45, 2.75) is 65.0 Å². The summed E-state index contributed by atoms with van der Waals surface area (Å²) in [7, 11) is 1.56. The molecule has 1 aromatic heterocycles. The zero-order valence-corrected chi connectivity index (χ0v) is 17.6. The number of aromatic nitrogens is 3. The zero-order chi connectivity index (χ0) is 21.9. The van der Waals surface area contributed by atoms with E-state index in [4.69, 9.17) is 4.74 Å². The van der Waals surface area contributed by atoms with E-state index in [2.05, 4.69) is 30.4 Å². The molecule has 30 heavy (non-hydrogen) atoms. The molecule has 0 spiro atoms. The third-order valence-corrected chi connectivity index (χ3v) is 4.58. The van der Waals surface area contributed by atoms with E-state index in [0.717, 1.165) is 37.1 Å². The van der Waals surface area contributed by atoms with E-state index in [1.54, 1.807) is 33.9 Å². The average molecular weight is 424 g/mol. The summed E-state index contributed by atoms with van der Waals surface area (Å²) in [6.07, 6.45) is -2.54. The fourth-order valence-electron chi connectivity index (χ4n) is 3.29. The first-order valence-corrected chi connectivity index (χ1v) is 9.81. The van der Waals surface area contributed by atoms with Crippen LogP contribution in [0.4, 0.5) is 13.2 Å². The van der Waals surface area contributed by atoms with Crippen LogP contribution in [0, 0.1) is 0 Å². The van der Waals surface area contributed by atoms with Gasteiger partial charge < -0.3 is 19.9 Å². The van der Waals surface area contributed by atoms with Gasteiger partial charge in [0, 0.05) is 26.6 Å². The Balaban J connectivity index is 1.66. The highest BCUT2D eigenvalue weighted by atomic mass is 19.4. The molecule has 0 amide bonds. The Labute approximate surface area is 173 Å². The van der Waals surface area contributed by atoms with Gasteiger partial charge in [-0.15, -0.1) is 10.2 Å². The number of hydrogen-bond acceptors (Lipinski definition) is 4. The number of rotatable bonds is 5. The van der Waals surface area contributed by atoms with Crippen molar-refractivity contribution in [3.8, 4) is 5.75 Å². The molecule has 164 valence electrons. The van der Waals surface area contributed by atoms with Crippen LogP contribution in [0.15, 0.2) is 23.2 Å². The average Bonchev–Trinajstić information content (AvgIpc) is 3.25. The Kier molecular flexibility index (Phi) is 6.23. The molecule has 7 nitrogen and oxygen atoms in total. The van der Waals surface area contributed by atoms with Crippen molar-refractivity contribution in [2.24, 2.45) is 4.99 Å². The molecule has 10 heteroatoms. The van der Waals surface area contributed by atoms with Gasteiger partial charge in [0.1, 0.15) is 17.2 Å². The number of aliphatic imine (C=N–C) groups is 1. The minimum Gasteiger partial charge on any atom is -0.488 e. The summed E-state index contributed by atoms with van der Waals surface area (Å²) >= 11 is 0. The number of fused-ring (bicyclic) bond motifs is 1. The van der Waals surface area contributed by atoms with Crippen molar-refractivity contribution in [2.75, 3.05) is 7.05 Å². The molecule has 2 N–H and O–H groups in total. The van der Waals surface area contributed by atoms with Crippen LogP contribution in [0.2, 0.25) is 0 Å². The number of benzene rings is 1. The molecule has 0 bridgehead atoms. The van der Waals surface area contributed by atoms with E-state index in [9.17, 15) is 13.2 Å². The van der Waals surface area contributed by atoms with Gasteiger partial charge >= 0.3 is 6.18 Å². The van der Waals surface area contributed by atoms with E-state index >= 15 is 0 Å². The second kappa shape index (κ2) is 8.53. The first kappa shape index (κ1) is 21.9. The third-order valence-electron chi connectivity index (χ3n) is 4.58. The largest absolute Gasteiger partial charge is 0.488 e. The molecule has 0 fully saturated rings. The monoisotopic (exact) mass is 424 g/mol. The van der Waals surface area contributed by atoms with Crippen LogP contribution in [-0.4, -0.2) is 33.4 Å². The summed E-state index contributed by atoms with van der Waals surface area (Å²) in [5.74, 6) is 2.31. The van der Waals surface area contributed by atoms with Crippen LogP contribution in [0.3, 0.4) is 0 Å². The van der Waals surface area contributed by atoms with Crippen molar-refractivity contribution in [1.82, 2.24) is 25.4 Å². The van der Waals surface area contributed by atoms with Gasteiger partial charge in [0.25, 0.3) is 0 Å². The molecular formula is C20H27F3N6O. The standard InChI is InChI=1S/C20H27F3N6O/c1-19(2,3)30-14-8-7-13(15(10-14)20(21,22)23)11-25-18(24-4)26-12-17-28-27-16-6-5-9-29(16)17/h7-8,10H,5-6,9,11-12H2,1-4H3,(H2,24,25,26). The fraction of sp³-hybridized carbons (Fsp3) is 0.550. The SMILES string of the molecule is CN=C(NCc1ccc(OC(C)(C)C)cc1C(F)(F)F)NCc1nnc2n1CCC2. The lowest BCUT2D eigenvalue weighted by Gasteiger charge is -2.23. The summed E-state index contributed by atoms with van der Waals surface area (Å²) in [6.45, 7) is 6.59. The summed E-state index contributed by atoms with van der Waals surface area (Å²) in [5, 5.41) is 14.3. The number of guanidine groups is 1. The van der Waals surface area contributed by atoms with Crippen molar-refractivity contribution in [1.29, 1.82) is 0 Å². The van der Waals surface area contributed by atoms with E-state index < -0.39 is 17.3 Å². The quantitative estimate of drug-likeness (QED) is 0.569. The summed E-state index contributed by atoms with van der Waals surface area (Å²) in [4.78, 5) is 4.09. The number of alkyl halides is 3. The van der Waals surface area contributed by atoms with E-state index in [-0.39, 0.29) is 17.9 Å². The number of ether oxygens (including phenoxy) is 1. The molecule has 2 aromatic rings. The highest BCUT2D eigenvalue weighted by Gasteiger charge is 2.34. The molecule has 0 saturated carbocycles. The molecule has 3 rings (SSSR count). The lowest BCUT2D eigenvalue weighted by molar-refractivity contribution is -0.138. The van der Waals surface area contributed by atoms with Gasteiger partial charge in [-0.2, -0.15) is 13.2 Å². The van der Waals surface area contributed by atoms with Crippen molar-refractivity contribution in [3.05, 3.63) is 41.0 Å². The predicted molar refractivity (Wildman–Crippen MR) is 107 cm³/mol. The van der Waals surface area contributed by atoms with Crippen LogP contribution in [0.25, 0.3) is 0 Å². The fourth-order valence-corrected chi connectivity index (χ4v) is 3.29. The molecule has 1 aliphatic rings. The first-order valence-electron chi connectivity index (χ1n) is 9.81. The van der Waals surface area contributed by atoms with Gasteiger partial charge in [0.15, 0.2) is 11.8 Å². The topological polar surface area (TPSA) is 76.4 Å². The second-order valence-electron chi connectivity index (χ2n) is 8.10. The van der Waals surface area contributed by atoms with Crippen LogP contribution in [-0.2, 0) is 32.2 Å². The maximum atomic E-state index is 13.6. The van der Waals surface area contributed by atoms with Crippen LogP contribution in [0.5, 0.6) is 5.75 Å². The van der Waals surface area contributed by atoms with Gasteiger partial charge in [-0.1, -0.05) is 6.07 Å². The lowest BCUT2D eigenvalue weighted by Crippen LogP contribution is -2.37. The Morgan fingerprint density at radius 1 is 1.17 bits per heavy atom. The Bertz CT molecular complexity index is 914. The molecule has 2 heterocycles. The Morgan fingerprint density at radius 2 is 1.90 bits per heavy atom. The van der Waals surface area contributed by atoms with Crippen molar-refractivity contribution < 1.29 is 17.9 Å². The molecular weight excluding hydrogens is 397 g/mol. The summed E-state index contributed by atoms with van der Waals surface area (Å²) < 4.78 is 48.4. The number of nitrogens with one attached hydrogen (secondary N) is 2. The first-order chi connectivity index (χ1) is 14.1. The Morgan fingerprint density at radius 3 is 2.57 bits per heavy atom. The third kappa shape index (κ3) is 5.43. The molecule has 0 aliphatic carbocycles. The van der Waals surface area contributed by atoms with Gasteiger partial charge in [0.05, 0.1) is 12.1 Å². The molecule has 0 atom stereocenters. The van der Waals surface area contributed by atoms with Crippen LogP contribution >= 0.6 is 0 Å². The van der Waals surface area contributed by atoms with E-state index in [1.165, 1.54) is 6.07 Å². The van der Waals surface area contributed by atoms with Gasteiger partial charge in [0.2, 0.25) is 0 Å². The van der Waals surface area contributed by atoms with Crippen molar-refractivity contribution >= 4 is 5.96 Å². The minimum atomic E-state index is -4.49. The highest BCUT2D eigenvalue weighted by Crippen LogP contribution is 2.35. The zero-order valence-electron chi connectivity index (χ0n) is 17.6. The molecule has 0 radical (unpaired) electrons. The predicted octanol–water partition coefficient (Wildman–Crippen LogP) is 3.29. The second-order valence-corrected chi connectivity index (χ2v) is 8.10. The Hall–Kier alpha value is -2.78. The molecule has 1 aromatic carbocycles. The van der Waals surface area contributed by atoms with Crippen molar-refractivity contribution in [3.63, 3.8) is 0 Å². The minimum absolute atomic E-state index is 0.0394. The highest BCUT2D eigenvalue weighted by molar-refractivity contribution is 5.79. The van der Waals surface area contributed by atoms with E-state index in [1.807, 2.05) is 0 Å². The van der Waals surface area contributed by atoms with Gasteiger partial charge in [-0.25, -0.2) is 0 Å².